The molecule has 4 nitrogen and oxygen atoms in total. The molecular formula is C17H25NO3. The van der Waals surface area contributed by atoms with Gasteiger partial charge < -0.3 is 15.2 Å². The van der Waals surface area contributed by atoms with Crippen LogP contribution in [-0.4, -0.2) is 29.8 Å². The number of aliphatic hydroxyl groups excluding tert-OH is 1. The van der Waals surface area contributed by atoms with Crippen molar-refractivity contribution in [3.05, 3.63) is 28.8 Å². The highest BCUT2D eigenvalue weighted by Gasteiger charge is 2.29. The number of hydrogen-bond acceptors (Lipinski definition) is 3. The van der Waals surface area contributed by atoms with Crippen LogP contribution in [0.5, 0.6) is 5.75 Å². The van der Waals surface area contributed by atoms with Gasteiger partial charge in [-0.15, -0.1) is 0 Å². The van der Waals surface area contributed by atoms with E-state index in [1.807, 2.05) is 26.8 Å². The fourth-order valence-corrected chi connectivity index (χ4v) is 2.45. The van der Waals surface area contributed by atoms with Crippen LogP contribution in [0.2, 0.25) is 0 Å². The van der Waals surface area contributed by atoms with E-state index in [4.69, 9.17) is 4.74 Å². The number of aryl methyl sites for hydroxylation is 2. The summed E-state index contributed by atoms with van der Waals surface area (Å²) in [6, 6.07) is 4.08. The molecule has 1 aromatic carbocycles. The molecule has 0 aliphatic carbocycles. The van der Waals surface area contributed by atoms with E-state index in [1.54, 1.807) is 0 Å². The molecule has 21 heavy (non-hydrogen) atoms. The Hall–Kier alpha value is -1.55. The Bertz CT molecular complexity index is 496. The fourth-order valence-electron chi connectivity index (χ4n) is 2.45. The molecule has 116 valence electrons. The van der Waals surface area contributed by atoms with Gasteiger partial charge in [0.25, 0.3) is 5.91 Å². The lowest BCUT2D eigenvalue weighted by Crippen LogP contribution is -2.42. The Balaban J connectivity index is 1.92. The third-order valence-corrected chi connectivity index (χ3v) is 4.43. The van der Waals surface area contributed by atoms with Gasteiger partial charge in [0.15, 0.2) is 6.10 Å². The first-order valence-electron chi connectivity index (χ1n) is 7.65. The molecule has 3 atom stereocenters. The van der Waals surface area contributed by atoms with Crippen LogP contribution in [0, 0.1) is 19.8 Å². The predicted molar refractivity (Wildman–Crippen MR) is 82.5 cm³/mol. The van der Waals surface area contributed by atoms with E-state index in [1.165, 1.54) is 11.1 Å². The number of carbonyl (C=O) groups is 1. The largest absolute Gasteiger partial charge is 0.480 e. The lowest BCUT2D eigenvalue weighted by atomic mass is 10.0. The number of ether oxygens (including phenoxy) is 1. The molecule has 1 aromatic rings. The van der Waals surface area contributed by atoms with E-state index < -0.39 is 12.2 Å². The summed E-state index contributed by atoms with van der Waals surface area (Å²) in [5.74, 6) is 0.835. The molecule has 2 rings (SSSR count). The van der Waals surface area contributed by atoms with Crippen LogP contribution in [0.25, 0.3) is 0 Å². The van der Waals surface area contributed by atoms with Crippen LogP contribution < -0.4 is 10.1 Å². The number of nitrogens with one attached hydrogen (secondary N) is 1. The van der Waals surface area contributed by atoms with Crippen molar-refractivity contribution in [1.82, 2.24) is 5.32 Å². The van der Waals surface area contributed by atoms with Gasteiger partial charge in [0.1, 0.15) is 5.75 Å². The second-order valence-electron chi connectivity index (χ2n) is 6.05. The Morgan fingerprint density at radius 1 is 1.43 bits per heavy atom. The first-order valence-corrected chi connectivity index (χ1v) is 7.65. The topological polar surface area (TPSA) is 58.6 Å². The second-order valence-corrected chi connectivity index (χ2v) is 6.05. The van der Waals surface area contributed by atoms with Crippen molar-refractivity contribution >= 4 is 5.91 Å². The summed E-state index contributed by atoms with van der Waals surface area (Å²) in [7, 11) is 0. The van der Waals surface area contributed by atoms with E-state index in [9.17, 15) is 9.90 Å². The lowest BCUT2D eigenvalue weighted by Gasteiger charge is -2.19. The molecule has 2 N–H and O–H groups in total. The van der Waals surface area contributed by atoms with Gasteiger partial charge in [0, 0.05) is 13.0 Å². The SMILES string of the molecule is CCC(C)C(O)CNC(=O)C1Cc2cc(C)c(C)cc2O1. The molecule has 4 heteroatoms. The van der Waals surface area contributed by atoms with Crippen LogP contribution in [0.1, 0.15) is 37.0 Å². The maximum absolute atomic E-state index is 12.2. The molecule has 0 radical (unpaired) electrons. The number of hydrogen-bond donors (Lipinski definition) is 2. The Labute approximate surface area is 126 Å². The highest BCUT2D eigenvalue weighted by Crippen LogP contribution is 2.31. The van der Waals surface area contributed by atoms with Gasteiger partial charge in [0.2, 0.25) is 0 Å². The number of carbonyl (C=O) groups excluding carboxylic acids is 1. The molecule has 0 bridgehead atoms. The summed E-state index contributed by atoms with van der Waals surface area (Å²) >= 11 is 0. The van der Waals surface area contributed by atoms with Crippen molar-refractivity contribution in [1.29, 1.82) is 0 Å². The van der Waals surface area contributed by atoms with Crippen molar-refractivity contribution in [3.8, 4) is 5.75 Å². The van der Waals surface area contributed by atoms with Crippen LogP contribution in [0.3, 0.4) is 0 Å². The summed E-state index contributed by atoms with van der Waals surface area (Å²) in [5, 5.41) is 12.7. The highest BCUT2D eigenvalue weighted by atomic mass is 16.5. The third kappa shape index (κ3) is 3.56. The normalized spacial score (nSPS) is 19.6. The van der Waals surface area contributed by atoms with Crippen LogP contribution in [0.4, 0.5) is 0 Å². The van der Waals surface area contributed by atoms with Crippen molar-refractivity contribution in [2.75, 3.05) is 6.54 Å². The maximum Gasteiger partial charge on any atom is 0.261 e. The zero-order chi connectivity index (χ0) is 15.6. The molecular weight excluding hydrogens is 266 g/mol. The third-order valence-electron chi connectivity index (χ3n) is 4.43. The average molecular weight is 291 g/mol. The molecule has 0 fully saturated rings. The number of amides is 1. The van der Waals surface area contributed by atoms with Gasteiger partial charge in [-0.1, -0.05) is 26.3 Å². The van der Waals surface area contributed by atoms with E-state index in [-0.39, 0.29) is 18.4 Å². The van der Waals surface area contributed by atoms with Crippen LogP contribution in [0.15, 0.2) is 12.1 Å². The first kappa shape index (κ1) is 15.8. The summed E-state index contributed by atoms with van der Waals surface area (Å²) in [6.45, 7) is 8.38. The predicted octanol–water partition coefficient (Wildman–Crippen LogP) is 2.13. The molecule has 1 aliphatic heterocycles. The second kappa shape index (κ2) is 6.48. The quantitative estimate of drug-likeness (QED) is 0.874. The van der Waals surface area contributed by atoms with E-state index in [0.717, 1.165) is 17.7 Å². The van der Waals surface area contributed by atoms with Gasteiger partial charge in [-0.25, -0.2) is 0 Å². The summed E-state index contributed by atoms with van der Waals surface area (Å²) < 4.78 is 5.73. The Kier molecular flexibility index (Phi) is 4.88. The number of benzene rings is 1. The van der Waals surface area contributed by atoms with E-state index in [0.29, 0.717) is 6.42 Å². The molecule has 3 unspecified atom stereocenters. The average Bonchev–Trinajstić information content (AvgIpc) is 2.86. The maximum atomic E-state index is 12.2. The summed E-state index contributed by atoms with van der Waals surface area (Å²) in [5.41, 5.74) is 3.47. The summed E-state index contributed by atoms with van der Waals surface area (Å²) in [6.07, 6.45) is 0.500. The molecule has 0 saturated heterocycles. The zero-order valence-electron chi connectivity index (χ0n) is 13.3. The molecule has 1 amide bonds. The molecule has 0 aromatic heterocycles. The fraction of sp³-hybridized carbons (Fsp3) is 0.588. The lowest BCUT2D eigenvalue weighted by molar-refractivity contribution is -0.127. The minimum Gasteiger partial charge on any atom is -0.480 e. The number of fused-ring (bicyclic) bond motifs is 1. The molecule has 0 spiro atoms. The number of rotatable bonds is 5. The van der Waals surface area contributed by atoms with Gasteiger partial charge in [-0.05, 0) is 42.5 Å². The van der Waals surface area contributed by atoms with E-state index in [2.05, 4.69) is 18.3 Å². The minimum atomic E-state index is -0.507. The smallest absolute Gasteiger partial charge is 0.261 e. The van der Waals surface area contributed by atoms with E-state index >= 15 is 0 Å². The molecule has 1 aliphatic rings. The molecule has 1 heterocycles. The first-order chi connectivity index (χ1) is 9.92. The summed E-state index contributed by atoms with van der Waals surface area (Å²) in [4.78, 5) is 12.2. The van der Waals surface area contributed by atoms with Crippen molar-refractivity contribution in [3.63, 3.8) is 0 Å². The van der Waals surface area contributed by atoms with Crippen LogP contribution in [-0.2, 0) is 11.2 Å². The Morgan fingerprint density at radius 3 is 2.76 bits per heavy atom. The number of aliphatic hydroxyl groups is 1. The standard InChI is InChI=1S/C17H25NO3/c1-5-10(2)14(19)9-18-17(20)16-8-13-6-11(3)12(4)7-15(13)21-16/h6-7,10,14,16,19H,5,8-9H2,1-4H3,(H,18,20). The Morgan fingerprint density at radius 2 is 2.10 bits per heavy atom. The zero-order valence-corrected chi connectivity index (χ0v) is 13.3. The van der Waals surface area contributed by atoms with Crippen LogP contribution >= 0.6 is 0 Å². The minimum absolute atomic E-state index is 0.149. The van der Waals surface area contributed by atoms with Gasteiger partial charge in [-0.3, -0.25) is 4.79 Å². The highest BCUT2D eigenvalue weighted by molar-refractivity contribution is 5.82. The molecule has 0 saturated carbocycles. The van der Waals surface area contributed by atoms with Crippen molar-refractivity contribution in [2.24, 2.45) is 5.92 Å². The van der Waals surface area contributed by atoms with Crippen molar-refractivity contribution in [2.45, 2.75) is 52.7 Å². The van der Waals surface area contributed by atoms with Gasteiger partial charge in [-0.2, -0.15) is 0 Å². The van der Waals surface area contributed by atoms with Crippen molar-refractivity contribution < 1.29 is 14.6 Å². The van der Waals surface area contributed by atoms with Gasteiger partial charge >= 0.3 is 0 Å². The monoisotopic (exact) mass is 291 g/mol. The van der Waals surface area contributed by atoms with Gasteiger partial charge in [0.05, 0.1) is 6.10 Å².